The fourth-order valence-corrected chi connectivity index (χ4v) is 4.04. The maximum atomic E-state index is 13.2. The molecule has 1 N–H and O–H groups in total. The average molecular weight is 504 g/mol. The molecular formula is C26H30ClNO7. The lowest BCUT2D eigenvalue weighted by molar-refractivity contribution is -0.140. The van der Waals surface area contributed by atoms with Gasteiger partial charge in [-0.2, -0.15) is 0 Å². The zero-order valence-electron chi connectivity index (χ0n) is 20.5. The summed E-state index contributed by atoms with van der Waals surface area (Å²) in [5.41, 5.74) is 0.673. The maximum Gasteiger partial charge on any atom is 0.295 e. The molecular weight excluding hydrogens is 474 g/mol. The molecule has 0 saturated carbocycles. The van der Waals surface area contributed by atoms with E-state index in [1.165, 1.54) is 32.3 Å². The van der Waals surface area contributed by atoms with Crippen molar-refractivity contribution in [2.75, 3.05) is 41.1 Å². The van der Waals surface area contributed by atoms with Crippen LogP contribution in [0.25, 0.3) is 5.76 Å². The molecule has 1 atom stereocenters. The van der Waals surface area contributed by atoms with E-state index in [0.717, 1.165) is 0 Å². The van der Waals surface area contributed by atoms with Crippen molar-refractivity contribution in [3.05, 3.63) is 58.1 Å². The molecule has 0 bridgehead atoms. The number of aliphatic hydroxyl groups is 1. The largest absolute Gasteiger partial charge is 0.507 e. The Morgan fingerprint density at radius 3 is 2.43 bits per heavy atom. The highest BCUT2D eigenvalue weighted by atomic mass is 35.5. The highest BCUT2D eigenvalue weighted by molar-refractivity contribution is 6.47. The highest BCUT2D eigenvalue weighted by Crippen LogP contribution is 2.43. The van der Waals surface area contributed by atoms with Crippen LogP contribution in [0.2, 0.25) is 5.02 Å². The molecule has 1 saturated heterocycles. The number of rotatable bonds is 10. The number of nitrogens with zero attached hydrogens (tertiary/aromatic N) is 1. The lowest BCUT2D eigenvalue weighted by Gasteiger charge is -2.26. The number of halogens is 1. The van der Waals surface area contributed by atoms with Crippen LogP contribution in [0, 0.1) is 5.92 Å². The molecule has 3 rings (SSSR count). The molecule has 9 heteroatoms. The van der Waals surface area contributed by atoms with E-state index in [1.807, 2.05) is 13.8 Å². The smallest absolute Gasteiger partial charge is 0.295 e. The second-order valence-corrected chi connectivity index (χ2v) is 8.85. The van der Waals surface area contributed by atoms with Crippen LogP contribution in [-0.4, -0.2) is 62.8 Å². The van der Waals surface area contributed by atoms with Crippen LogP contribution in [0.5, 0.6) is 17.2 Å². The number of benzene rings is 2. The van der Waals surface area contributed by atoms with Gasteiger partial charge in [0, 0.05) is 19.2 Å². The molecule has 1 unspecified atom stereocenters. The average Bonchev–Trinajstić information content (AvgIpc) is 3.10. The van der Waals surface area contributed by atoms with Gasteiger partial charge in [-0.1, -0.05) is 31.5 Å². The third-order valence-electron chi connectivity index (χ3n) is 5.58. The third-order valence-corrected chi connectivity index (χ3v) is 5.91. The van der Waals surface area contributed by atoms with Gasteiger partial charge in [0.15, 0.2) is 11.5 Å². The first-order valence-corrected chi connectivity index (χ1v) is 11.5. The predicted octanol–water partition coefficient (Wildman–Crippen LogP) is 4.46. The van der Waals surface area contributed by atoms with E-state index in [0.29, 0.717) is 29.4 Å². The van der Waals surface area contributed by atoms with Crippen LogP contribution < -0.4 is 14.2 Å². The molecule has 1 aliphatic rings. The zero-order chi connectivity index (χ0) is 25.7. The summed E-state index contributed by atoms with van der Waals surface area (Å²) in [4.78, 5) is 27.6. The fraction of sp³-hybridized carbons (Fsp3) is 0.385. The number of hydrogen-bond acceptors (Lipinski definition) is 7. The zero-order valence-corrected chi connectivity index (χ0v) is 21.2. The van der Waals surface area contributed by atoms with Crippen molar-refractivity contribution in [3.8, 4) is 17.2 Å². The van der Waals surface area contributed by atoms with Gasteiger partial charge in [0.05, 0.1) is 44.1 Å². The van der Waals surface area contributed by atoms with E-state index in [9.17, 15) is 14.7 Å². The first-order valence-electron chi connectivity index (χ1n) is 11.1. The number of carbonyl (C=O) groups excluding carboxylic acids is 2. The predicted molar refractivity (Wildman–Crippen MR) is 132 cm³/mol. The van der Waals surface area contributed by atoms with E-state index in [1.54, 1.807) is 30.3 Å². The van der Waals surface area contributed by atoms with Gasteiger partial charge < -0.3 is 29.0 Å². The number of carbonyl (C=O) groups is 2. The van der Waals surface area contributed by atoms with Gasteiger partial charge in [0.2, 0.25) is 0 Å². The van der Waals surface area contributed by atoms with Crippen LogP contribution in [0.1, 0.15) is 31.0 Å². The summed E-state index contributed by atoms with van der Waals surface area (Å²) in [6, 6.07) is 8.98. The molecule has 0 aliphatic carbocycles. The molecule has 8 nitrogen and oxygen atoms in total. The van der Waals surface area contributed by atoms with Gasteiger partial charge in [-0.15, -0.1) is 0 Å². The summed E-state index contributed by atoms with van der Waals surface area (Å²) in [7, 11) is 4.52. The van der Waals surface area contributed by atoms with E-state index >= 15 is 0 Å². The van der Waals surface area contributed by atoms with E-state index in [2.05, 4.69) is 0 Å². The van der Waals surface area contributed by atoms with Crippen LogP contribution >= 0.6 is 11.6 Å². The standard InChI is InChI=1S/C26H30ClNO7/c1-15(2)14-35-21-12-16(6-9-20(21)34-5)23-22(25(30)26(31)28(23)10-11-32-3)24(29)18-13-17(33-4)7-8-19(18)27/h6-9,12-13,15,23,29H,10-11,14H2,1-5H3/b24-22+. The minimum Gasteiger partial charge on any atom is -0.507 e. The number of Topliss-reactive ketones (excluding diaryl/α,β-unsaturated/α-hetero) is 1. The van der Waals surface area contributed by atoms with Crippen LogP contribution in [-0.2, 0) is 14.3 Å². The Balaban J connectivity index is 2.20. The minimum absolute atomic E-state index is 0.0822. The first-order chi connectivity index (χ1) is 16.7. The second kappa shape index (κ2) is 11.5. The summed E-state index contributed by atoms with van der Waals surface area (Å²) in [6.45, 7) is 4.84. The van der Waals surface area contributed by atoms with Gasteiger partial charge in [-0.05, 0) is 41.8 Å². The summed E-state index contributed by atoms with van der Waals surface area (Å²) >= 11 is 6.34. The molecule has 1 fully saturated rings. The van der Waals surface area contributed by atoms with E-state index in [-0.39, 0.29) is 35.2 Å². The molecule has 0 aromatic heterocycles. The van der Waals surface area contributed by atoms with Crippen LogP contribution in [0.15, 0.2) is 42.0 Å². The Morgan fingerprint density at radius 1 is 1.06 bits per heavy atom. The number of likely N-dealkylation sites (tertiary alicyclic amines) is 1. The van der Waals surface area contributed by atoms with Crippen molar-refractivity contribution in [2.45, 2.75) is 19.9 Å². The number of amides is 1. The van der Waals surface area contributed by atoms with Crippen molar-refractivity contribution in [1.82, 2.24) is 4.90 Å². The molecule has 188 valence electrons. The molecule has 2 aromatic rings. The van der Waals surface area contributed by atoms with Gasteiger partial charge in [-0.25, -0.2) is 0 Å². The van der Waals surface area contributed by atoms with Crippen molar-refractivity contribution < 1.29 is 33.6 Å². The van der Waals surface area contributed by atoms with Gasteiger partial charge in [-0.3, -0.25) is 9.59 Å². The molecule has 0 radical (unpaired) electrons. The summed E-state index contributed by atoms with van der Waals surface area (Å²) in [6.07, 6.45) is 0. The van der Waals surface area contributed by atoms with Gasteiger partial charge in [0.1, 0.15) is 11.5 Å². The SMILES string of the molecule is COCCN1C(=O)C(=O)/C(=C(/O)c2cc(OC)ccc2Cl)C1c1ccc(OC)c(OCC(C)C)c1. The quantitative estimate of drug-likeness (QED) is 0.290. The lowest BCUT2D eigenvalue weighted by atomic mass is 9.95. The third kappa shape index (κ3) is 5.55. The monoisotopic (exact) mass is 503 g/mol. The number of aliphatic hydroxyl groups excluding tert-OH is 1. The Labute approximate surface area is 210 Å². The minimum atomic E-state index is -0.889. The van der Waals surface area contributed by atoms with Crippen molar-refractivity contribution in [1.29, 1.82) is 0 Å². The number of ether oxygens (including phenoxy) is 4. The Kier molecular flexibility index (Phi) is 8.64. The number of hydrogen-bond donors (Lipinski definition) is 1. The van der Waals surface area contributed by atoms with E-state index in [4.69, 9.17) is 30.5 Å². The molecule has 1 heterocycles. The Morgan fingerprint density at radius 2 is 1.80 bits per heavy atom. The summed E-state index contributed by atoms with van der Waals surface area (Å²) in [5.74, 6) is -0.260. The normalized spacial score (nSPS) is 17.2. The molecule has 0 spiro atoms. The molecule has 2 aromatic carbocycles. The second-order valence-electron chi connectivity index (χ2n) is 8.45. The lowest BCUT2D eigenvalue weighted by Crippen LogP contribution is -2.32. The van der Waals surface area contributed by atoms with Crippen molar-refractivity contribution in [2.24, 2.45) is 5.92 Å². The van der Waals surface area contributed by atoms with Crippen LogP contribution in [0.4, 0.5) is 0 Å². The van der Waals surface area contributed by atoms with Crippen molar-refractivity contribution in [3.63, 3.8) is 0 Å². The Bertz CT molecular complexity index is 1130. The van der Waals surface area contributed by atoms with Gasteiger partial charge in [0.25, 0.3) is 11.7 Å². The maximum absolute atomic E-state index is 13.2. The molecule has 1 aliphatic heterocycles. The van der Waals surface area contributed by atoms with Gasteiger partial charge >= 0.3 is 0 Å². The summed E-state index contributed by atoms with van der Waals surface area (Å²) in [5, 5.41) is 11.5. The fourth-order valence-electron chi connectivity index (χ4n) is 3.84. The van der Waals surface area contributed by atoms with Crippen LogP contribution in [0.3, 0.4) is 0 Å². The number of methoxy groups -OCH3 is 3. The molecule has 35 heavy (non-hydrogen) atoms. The number of ketones is 1. The summed E-state index contributed by atoms with van der Waals surface area (Å²) < 4.78 is 21.8. The van der Waals surface area contributed by atoms with E-state index < -0.39 is 23.5 Å². The van der Waals surface area contributed by atoms with Crippen molar-refractivity contribution >= 4 is 29.1 Å². The first kappa shape index (κ1) is 26.4. The topological polar surface area (TPSA) is 94.5 Å². The highest BCUT2D eigenvalue weighted by Gasteiger charge is 2.46. The Hall–Kier alpha value is -3.23. The molecule has 1 amide bonds.